The fourth-order valence-corrected chi connectivity index (χ4v) is 2.49. The van der Waals surface area contributed by atoms with Gasteiger partial charge in [0.05, 0.1) is 12.1 Å². The highest BCUT2D eigenvalue weighted by molar-refractivity contribution is 9.10. The summed E-state index contributed by atoms with van der Waals surface area (Å²) in [6.45, 7) is 0.381. The van der Waals surface area contributed by atoms with E-state index in [4.69, 9.17) is 0 Å². The Kier molecular flexibility index (Phi) is 3.11. The van der Waals surface area contributed by atoms with Crippen LogP contribution in [0.2, 0.25) is 0 Å². The van der Waals surface area contributed by atoms with Gasteiger partial charge in [0.25, 0.3) is 0 Å². The first-order chi connectivity index (χ1) is 9.15. The van der Waals surface area contributed by atoms with Crippen LogP contribution in [0.1, 0.15) is 5.56 Å². The number of aromatic nitrogens is 1. The molecule has 0 aliphatic rings. The van der Waals surface area contributed by atoms with Crippen LogP contribution in [0.3, 0.4) is 0 Å². The van der Waals surface area contributed by atoms with Gasteiger partial charge in [-0.05, 0) is 30.3 Å². The minimum Gasteiger partial charge on any atom is -0.343 e. The molecule has 0 fully saturated rings. The normalized spacial score (nSPS) is 11.1. The molecule has 2 aromatic carbocycles. The fraction of sp³-hybridized carbons (Fsp3) is 0.0667. The van der Waals surface area contributed by atoms with Crippen LogP contribution in [-0.2, 0) is 6.54 Å². The molecule has 96 valence electrons. The van der Waals surface area contributed by atoms with Crippen LogP contribution >= 0.6 is 15.9 Å². The molecule has 0 unspecified atom stereocenters. The number of hydrogen-bond donors (Lipinski definition) is 0. The lowest BCUT2D eigenvalue weighted by Crippen LogP contribution is -2.00. The van der Waals surface area contributed by atoms with Crippen molar-refractivity contribution in [1.29, 1.82) is 0 Å². The van der Waals surface area contributed by atoms with Crippen LogP contribution in [-0.4, -0.2) is 4.57 Å². The maximum atomic E-state index is 13.8. The highest BCUT2D eigenvalue weighted by Gasteiger charge is 2.08. The van der Waals surface area contributed by atoms with E-state index in [0.29, 0.717) is 22.0 Å². The van der Waals surface area contributed by atoms with Crippen LogP contribution < -0.4 is 0 Å². The third-order valence-corrected chi connectivity index (χ3v) is 3.61. The molecule has 0 bridgehead atoms. The number of nitrogens with zero attached hydrogens (tertiary/aromatic N) is 1. The van der Waals surface area contributed by atoms with E-state index >= 15 is 0 Å². The maximum Gasteiger partial charge on any atom is 0.132 e. The summed E-state index contributed by atoms with van der Waals surface area (Å²) in [5, 5.41) is 0.556. The van der Waals surface area contributed by atoms with E-state index < -0.39 is 0 Å². The van der Waals surface area contributed by atoms with E-state index in [-0.39, 0.29) is 11.6 Å². The fourth-order valence-electron chi connectivity index (χ4n) is 2.16. The van der Waals surface area contributed by atoms with Crippen molar-refractivity contribution in [2.75, 3.05) is 0 Å². The Morgan fingerprint density at radius 1 is 1.00 bits per heavy atom. The Morgan fingerprint density at radius 2 is 1.84 bits per heavy atom. The van der Waals surface area contributed by atoms with E-state index in [9.17, 15) is 8.78 Å². The van der Waals surface area contributed by atoms with Gasteiger partial charge in [0, 0.05) is 21.6 Å². The predicted octanol–water partition coefficient (Wildman–Crippen LogP) is 4.73. The average Bonchev–Trinajstić information content (AvgIpc) is 2.78. The molecule has 3 rings (SSSR count). The van der Waals surface area contributed by atoms with Crippen molar-refractivity contribution in [3.8, 4) is 0 Å². The molecule has 0 saturated heterocycles. The second-order valence-corrected chi connectivity index (χ2v) is 5.27. The topological polar surface area (TPSA) is 4.93 Å². The molecule has 0 aliphatic heterocycles. The van der Waals surface area contributed by atoms with E-state index in [2.05, 4.69) is 15.9 Å². The zero-order valence-electron chi connectivity index (χ0n) is 9.91. The number of halogens is 3. The molecular formula is C15H10BrF2N. The summed E-state index contributed by atoms with van der Waals surface area (Å²) in [5.41, 5.74) is 1.34. The summed E-state index contributed by atoms with van der Waals surface area (Å²) in [7, 11) is 0. The Labute approximate surface area is 117 Å². The van der Waals surface area contributed by atoms with Crippen molar-refractivity contribution in [2.24, 2.45) is 0 Å². The zero-order chi connectivity index (χ0) is 13.4. The molecule has 19 heavy (non-hydrogen) atoms. The molecule has 0 aliphatic carbocycles. The average molecular weight is 322 g/mol. The zero-order valence-corrected chi connectivity index (χ0v) is 11.5. The summed E-state index contributed by atoms with van der Waals surface area (Å²) in [6, 6.07) is 11.6. The van der Waals surface area contributed by atoms with Crippen LogP contribution in [0.15, 0.2) is 53.1 Å². The van der Waals surface area contributed by atoms with Gasteiger partial charge in [-0.15, -0.1) is 0 Å². The molecule has 1 nitrogen and oxygen atoms in total. The van der Waals surface area contributed by atoms with Gasteiger partial charge in [-0.3, -0.25) is 0 Å². The Balaban J connectivity index is 2.04. The SMILES string of the molecule is Fc1cc(Br)ccc1Cn1ccc2c(F)cccc21. The van der Waals surface area contributed by atoms with Crippen molar-refractivity contribution in [3.05, 3.63) is 70.3 Å². The minimum atomic E-state index is -0.271. The van der Waals surface area contributed by atoms with Crippen molar-refractivity contribution in [1.82, 2.24) is 4.57 Å². The maximum absolute atomic E-state index is 13.8. The van der Waals surface area contributed by atoms with Crippen LogP contribution in [0.5, 0.6) is 0 Å². The first kappa shape index (κ1) is 12.4. The second kappa shape index (κ2) is 4.78. The summed E-state index contributed by atoms with van der Waals surface area (Å²) in [6.07, 6.45) is 1.77. The van der Waals surface area contributed by atoms with E-state index in [1.807, 2.05) is 10.6 Å². The Morgan fingerprint density at radius 3 is 2.63 bits per heavy atom. The van der Waals surface area contributed by atoms with Crippen molar-refractivity contribution in [2.45, 2.75) is 6.54 Å². The van der Waals surface area contributed by atoms with Gasteiger partial charge >= 0.3 is 0 Å². The summed E-state index contributed by atoms with van der Waals surface area (Å²) in [5.74, 6) is -0.528. The van der Waals surface area contributed by atoms with Gasteiger partial charge in [-0.2, -0.15) is 0 Å². The second-order valence-electron chi connectivity index (χ2n) is 4.35. The quantitative estimate of drug-likeness (QED) is 0.643. The highest BCUT2D eigenvalue weighted by Crippen LogP contribution is 2.22. The number of hydrogen-bond acceptors (Lipinski definition) is 0. The van der Waals surface area contributed by atoms with Gasteiger partial charge in [0.2, 0.25) is 0 Å². The summed E-state index contributed by atoms with van der Waals surface area (Å²) < 4.78 is 29.9. The van der Waals surface area contributed by atoms with Crippen molar-refractivity contribution in [3.63, 3.8) is 0 Å². The number of fused-ring (bicyclic) bond motifs is 1. The Bertz CT molecular complexity index is 749. The molecule has 0 saturated carbocycles. The standard InChI is InChI=1S/C15H10BrF2N/c16-11-5-4-10(14(18)8-11)9-19-7-6-12-13(17)2-1-3-15(12)19/h1-8H,9H2. The van der Waals surface area contributed by atoms with Crippen LogP contribution in [0.25, 0.3) is 10.9 Å². The van der Waals surface area contributed by atoms with Gasteiger partial charge in [-0.25, -0.2) is 8.78 Å². The highest BCUT2D eigenvalue weighted by atomic mass is 79.9. The van der Waals surface area contributed by atoms with Crippen molar-refractivity contribution < 1.29 is 8.78 Å². The van der Waals surface area contributed by atoms with E-state index in [0.717, 1.165) is 5.52 Å². The van der Waals surface area contributed by atoms with Crippen LogP contribution in [0, 0.1) is 11.6 Å². The lowest BCUT2D eigenvalue weighted by molar-refractivity contribution is 0.601. The lowest BCUT2D eigenvalue weighted by atomic mass is 10.2. The number of benzene rings is 2. The van der Waals surface area contributed by atoms with Crippen molar-refractivity contribution >= 4 is 26.8 Å². The Hall–Kier alpha value is -1.68. The van der Waals surface area contributed by atoms with E-state index in [1.54, 1.807) is 30.5 Å². The molecule has 0 atom stereocenters. The van der Waals surface area contributed by atoms with Gasteiger partial charge in [-0.1, -0.05) is 28.1 Å². The molecule has 3 aromatic rings. The molecule has 1 aromatic heterocycles. The van der Waals surface area contributed by atoms with E-state index in [1.165, 1.54) is 12.1 Å². The molecule has 0 spiro atoms. The van der Waals surface area contributed by atoms with Gasteiger partial charge in [0.1, 0.15) is 11.6 Å². The monoisotopic (exact) mass is 321 g/mol. The molecule has 1 heterocycles. The van der Waals surface area contributed by atoms with Gasteiger partial charge in [0.15, 0.2) is 0 Å². The molecule has 0 radical (unpaired) electrons. The third kappa shape index (κ3) is 2.28. The summed E-state index contributed by atoms with van der Waals surface area (Å²) >= 11 is 3.23. The lowest BCUT2D eigenvalue weighted by Gasteiger charge is -2.07. The number of rotatable bonds is 2. The largest absolute Gasteiger partial charge is 0.343 e. The molecule has 4 heteroatoms. The molecule has 0 amide bonds. The first-order valence-corrected chi connectivity index (χ1v) is 6.62. The molecular weight excluding hydrogens is 312 g/mol. The predicted molar refractivity (Wildman–Crippen MR) is 75.1 cm³/mol. The smallest absolute Gasteiger partial charge is 0.132 e. The first-order valence-electron chi connectivity index (χ1n) is 5.82. The third-order valence-electron chi connectivity index (χ3n) is 3.12. The van der Waals surface area contributed by atoms with Gasteiger partial charge < -0.3 is 4.57 Å². The summed E-state index contributed by atoms with van der Waals surface area (Å²) in [4.78, 5) is 0. The minimum absolute atomic E-state index is 0.257. The van der Waals surface area contributed by atoms with Crippen LogP contribution in [0.4, 0.5) is 8.78 Å². The molecule has 0 N–H and O–H groups in total.